The van der Waals surface area contributed by atoms with Gasteiger partial charge in [0.15, 0.2) is 5.78 Å². The van der Waals surface area contributed by atoms with Gasteiger partial charge in [0.25, 0.3) is 0 Å². The number of piperazine rings is 1. The fourth-order valence-corrected chi connectivity index (χ4v) is 4.49. The van der Waals surface area contributed by atoms with Gasteiger partial charge in [-0.2, -0.15) is 4.31 Å². The van der Waals surface area contributed by atoms with Crippen LogP contribution in [0.2, 0.25) is 0 Å². The van der Waals surface area contributed by atoms with E-state index in [2.05, 4.69) is 5.32 Å². The monoisotopic (exact) mass is 358 g/mol. The lowest BCUT2D eigenvalue weighted by molar-refractivity contribution is -0.126. The molecule has 1 heterocycles. The summed E-state index contributed by atoms with van der Waals surface area (Å²) in [6, 6.07) is 13.7. The molecule has 1 fully saturated rings. The molecular formula is C18H18N2O4S. The van der Waals surface area contributed by atoms with Crippen LogP contribution in [0.5, 0.6) is 0 Å². The average Bonchev–Trinajstić information content (AvgIpc) is 2.62. The van der Waals surface area contributed by atoms with Gasteiger partial charge in [0.1, 0.15) is 6.04 Å². The van der Waals surface area contributed by atoms with Crippen molar-refractivity contribution in [1.29, 1.82) is 0 Å². The fraction of sp³-hybridized carbons (Fsp3) is 0.222. The molecule has 0 aromatic heterocycles. The molecule has 0 aliphatic carbocycles. The van der Waals surface area contributed by atoms with Crippen molar-refractivity contribution in [2.75, 3.05) is 13.1 Å². The number of carbonyl (C=O) groups is 2. The van der Waals surface area contributed by atoms with Crippen molar-refractivity contribution >= 4 is 21.7 Å². The molecule has 25 heavy (non-hydrogen) atoms. The standard InChI is InChI=1S/C18H18N2O4S/c1-13(21)15-8-5-9-16(12-15)25(23,24)20-11-10-19-18(22)17(20)14-6-3-2-4-7-14/h2-9,12,17H,10-11H2,1H3,(H,19,22)/t17-/m0/s1. The molecule has 0 bridgehead atoms. The van der Waals surface area contributed by atoms with E-state index >= 15 is 0 Å². The molecule has 1 saturated heterocycles. The zero-order valence-electron chi connectivity index (χ0n) is 13.7. The summed E-state index contributed by atoms with van der Waals surface area (Å²) in [6.45, 7) is 1.79. The molecule has 2 aromatic rings. The Labute approximate surface area is 146 Å². The highest BCUT2D eigenvalue weighted by molar-refractivity contribution is 7.89. The predicted molar refractivity (Wildman–Crippen MR) is 92.5 cm³/mol. The minimum Gasteiger partial charge on any atom is -0.353 e. The molecule has 1 amide bonds. The SMILES string of the molecule is CC(=O)c1cccc(S(=O)(=O)N2CCNC(=O)[C@@H]2c2ccccc2)c1. The molecule has 3 rings (SSSR count). The van der Waals surface area contributed by atoms with Crippen molar-refractivity contribution in [2.24, 2.45) is 0 Å². The Bertz CT molecular complexity index is 910. The van der Waals surface area contributed by atoms with Gasteiger partial charge in [0.05, 0.1) is 4.90 Å². The van der Waals surface area contributed by atoms with Gasteiger partial charge in [0.2, 0.25) is 15.9 Å². The molecule has 130 valence electrons. The van der Waals surface area contributed by atoms with Crippen LogP contribution in [-0.2, 0) is 14.8 Å². The summed E-state index contributed by atoms with van der Waals surface area (Å²) in [5.41, 5.74) is 0.921. The predicted octanol–water partition coefficient (Wildman–Crippen LogP) is 1.75. The van der Waals surface area contributed by atoms with E-state index in [4.69, 9.17) is 0 Å². The largest absolute Gasteiger partial charge is 0.353 e. The van der Waals surface area contributed by atoms with E-state index in [1.165, 1.54) is 29.4 Å². The summed E-state index contributed by atoms with van der Waals surface area (Å²) < 4.78 is 27.4. The summed E-state index contributed by atoms with van der Waals surface area (Å²) >= 11 is 0. The number of sulfonamides is 1. The molecule has 1 atom stereocenters. The van der Waals surface area contributed by atoms with E-state index in [9.17, 15) is 18.0 Å². The highest BCUT2D eigenvalue weighted by Crippen LogP contribution is 2.29. The fourth-order valence-electron chi connectivity index (χ4n) is 2.87. The average molecular weight is 358 g/mol. The third-order valence-corrected chi connectivity index (χ3v) is 5.99. The first-order valence-electron chi connectivity index (χ1n) is 7.87. The molecule has 7 heteroatoms. The summed E-state index contributed by atoms with van der Waals surface area (Å²) in [4.78, 5) is 24.0. The van der Waals surface area contributed by atoms with Gasteiger partial charge in [0, 0.05) is 18.7 Å². The number of hydrogen-bond acceptors (Lipinski definition) is 4. The maximum absolute atomic E-state index is 13.1. The van der Waals surface area contributed by atoms with Crippen LogP contribution in [-0.4, -0.2) is 37.5 Å². The Kier molecular flexibility index (Phi) is 4.69. The van der Waals surface area contributed by atoms with Crippen LogP contribution in [0.25, 0.3) is 0 Å². The zero-order valence-corrected chi connectivity index (χ0v) is 14.5. The molecule has 0 unspecified atom stereocenters. The molecular weight excluding hydrogens is 340 g/mol. The normalized spacial score (nSPS) is 18.6. The van der Waals surface area contributed by atoms with Crippen LogP contribution in [0.3, 0.4) is 0 Å². The smallest absolute Gasteiger partial charge is 0.244 e. The first kappa shape index (κ1) is 17.3. The van der Waals surface area contributed by atoms with Crippen LogP contribution in [0.4, 0.5) is 0 Å². The van der Waals surface area contributed by atoms with Crippen LogP contribution >= 0.6 is 0 Å². The number of amides is 1. The highest BCUT2D eigenvalue weighted by Gasteiger charge is 2.39. The Morgan fingerprint density at radius 2 is 1.84 bits per heavy atom. The van der Waals surface area contributed by atoms with Crippen LogP contribution in [0.15, 0.2) is 59.5 Å². The molecule has 0 spiro atoms. The Balaban J connectivity index is 2.06. The quantitative estimate of drug-likeness (QED) is 0.844. The molecule has 1 aliphatic rings. The van der Waals surface area contributed by atoms with Crippen molar-refractivity contribution in [3.8, 4) is 0 Å². The highest BCUT2D eigenvalue weighted by atomic mass is 32.2. The summed E-state index contributed by atoms with van der Waals surface area (Å²) in [6.07, 6.45) is 0. The summed E-state index contributed by atoms with van der Waals surface area (Å²) in [5, 5.41) is 2.71. The Morgan fingerprint density at radius 3 is 2.52 bits per heavy atom. The van der Waals surface area contributed by atoms with Gasteiger partial charge in [-0.3, -0.25) is 9.59 Å². The summed E-state index contributed by atoms with van der Waals surface area (Å²) in [7, 11) is -3.93. The topological polar surface area (TPSA) is 83.6 Å². The van der Waals surface area contributed by atoms with Gasteiger partial charge in [-0.25, -0.2) is 8.42 Å². The third kappa shape index (κ3) is 3.33. The van der Waals surface area contributed by atoms with Gasteiger partial charge < -0.3 is 5.32 Å². The second kappa shape index (κ2) is 6.78. The van der Waals surface area contributed by atoms with Crippen molar-refractivity contribution in [1.82, 2.24) is 9.62 Å². The number of carbonyl (C=O) groups excluding carboxylic acids is 2. The second-order valence-electron chi connectivity index (χ2n) is 5.80. The first-order chi connectivity index (χ1) is 11.9. The van der Waals surface area contributed by atoms with Crippen molar-refractivity contribution in [3.05, 3.63) is 65.7 Å². The van der Waals surface area contributed by atoms with E-state index in [0.29, 0.717) is 11.1 Å². The van der Waals surface area contributed by atoms with E-state index < -0.39 is 16.1 Å². The molecule has 0 saturated carbocycles. The van der Waals surface area contributed by atoms with E-state index in [1.807, 2.05) is 0 Å². The number of hydrogen-bond donors (Lipinski definition) is 1. The van der Waals surface area contributed by atoms with Gasteiger partial charge in [-0.1, -0.05) is 42.5 Å². The third-order valence-electron chi connectivity index (χ3n) is 4.13. The number of Topliss-reactive ketones (excluding diaryl/α,β-unsaturated/α-hetero) is 1. The molecule has 0 radical (unpaired) electrons. The second-order valence-corrected chi connectivity index (χ2v) is 7.69. The van der Waals surface area contributed by atoms with Crippen molar-refractivity contribution in [3.63, 3.8) is 0 Å². The maximum atomic E-state index is 13.1. The van der Waals surface area contributed by atoms with E-state index in [-0.39, 0.29) is 29.7 Å². The minimum atomic E-state index is -3.93. The zero-order chi connectivity index (χ0) is 18.0. The lowest BCUT2D eigenvalue weighted by Gasteiger charge is -2.34. The number of benzene rings is 2. The molecule has 1 N–H and O–H groups in total. The lowest BCUT2D eigenvalue weighted by Crippen LogP contribution is -2.52. The number of nitrogens with one attached hydrogen (secondary N) is 1. The van der Waals surface area contributed by atoms with Crippen molar-refractivity contribution < 1.29 is 18.0 Å². The van der Waals surface area contributed by atoms with E-state index in [0.717, 1.165) is 0 Å². The summed E-state index contributed by atoms with van der Waals surface area (Å²) in [5.74, 6) is -0.572. The molecule has 1 aliphatic heterocycles. The Hall–Kier alpha value is -2.51. The number of rotatable bonds is 4. The van der Waals surface area contributed by atoms with Crippen LogP contribution < -0.4 is 5.32 Å². The minimum absolute atomic E-state index is 0.0100. The van der Waals surface area contributed by atoms with Gasteiger partial charge in [-0.15, -0.1) is 0 Å². The van der Waals surface area contributed by atoms with Crippen LogP contribution in [0, 0.1) is 0 Å². The van der Waals surface area contributed by atoms with Gasteiger partial charge in [-0.05, 0) is 24.6 Å². The van der Waals surface area contributed by atoms with Crippen LogP contribution in [0.1, 0.15) is 28.9 Å². The first-order valence-corrected chi connectivity index (χ1v) is 9.31. The van der Waals surface area contributed by atoms with Crippen molar-refractivity contribution in [2.45, 2.75) is 17.9 Å². The Morgan fingerprint density at radius 1 is 1.12 bits per heavy atom. The number of nitrogens with zero attached hydrogens (tertiary/aromatic N) is 1. The number of ketones is 1. The van der Waals surface area contributed by atoms with Gasteiger partial charge >= 0.3 is 0 Å². The molecule has 2 aromatic carbocycles. The lowest BCUT2D eigenvalue weighted by atomic mass is 10.1. The molecule has 6 nitrogen and oxygen atoms in total. The van der Waals surface area contributed by atoms with E-state index in [1.54, 1.807) is 36.4 Å². The maximum Gasteiger partial charge on any atom is 0.244 e.